The molecule has 58 valence electrons. The van der Waals surface area contributed by atoms with Crippen molar-refractivity contribution in [1.29, 1.82) is 0 Å². The van der Waals surface area contributed by atoms with Crippen LogP contribution < -0.4 is 24.8 Å². The first-order chi connectivity index (χ1) is 3.89. The van der Waals surface area contributed by atoms with Gasteiger partial charge in [-0.25, -0.2) is 0 Å². The molecule has 0 unspecified atom stereocenters. The molecule has 0 aliphatic heterocycles. The first-order valence-electron chi connectivity index (χ1n) is 2.09. The molecule has 0 bridgehead atoms. The summed E-state index contributed by atoms with van der Waals surface area (Å²) in [7, 11) is 0. The Kier molecular flexibility index (Phi) is 20.0. The second kappa shape index (κ2) is 12.0. The summed E-state index contributed by atoms with van der Waals surface area (Å²) in [5.74, 6) is 0. The molecule has 1 aliphatic rings. The molecule has 0 spiro atoms. The minimum absolute atomic E-state index is 0. The van der Waals surface area contributed by atoms with Crippen molar-refractivity contribution < 1.29 is 45.3 Å². The van der Waals surface area contributed by atoms with Crippen LogP contribution in [0.25, 0.3) is 0 Å². The second-order valence-corrected chi connectivity index (χ2v) is 1.89. The van der Waals surface area contributed by atoms with Gasteiger partial charge >= 0.3 is 44.9 Å². The maximum absolute atomic E-state index is 7.50. The predicted molar refractivity (Wildman–Crippen MR) is 27.5 cm³/mol. The summed E-state index contributed by atoms with van der Waals surface area (Å²) < 4.78 is 1.16. The van der Waals surface area contributed by atoms with Gasteiger partial charge in [0.05, 0.1) is 0 Å². The molecule has 0 N–H and O–H groups in total. The van der Waals surface area contributed by atoms with E-state index in [1.807, 2.05) is 12.2 Å². The van der Waals surface area contributed by atoms with Crippen LogP contribution in [-0.2, 0) is 20.5 Å². The third kappa shape index (κ3) is 8.24. The zero-order valence-electron chi connectivity index (χ0n) is 4.94. The quantitative estimate of drug-likeness (QED) is 0.402. The molecule has 1 aliphatic carbocycles. The molecule has 0 saturated heterocycles. The molecule has 10 heavy (non-hydrogen) atoms. The predicted octanol–water partition coefficient (Wildman–Crippen LogP) is -5.01. The van der Waals surface area contributed by atoms with E-state index in [1.165, 1.54) is 0 Å². The topological polar surface area (TPSA) is 17.1 Å². The number of rotatable bonds is 0. The van der Waals surface area contributed by atoms with Crippen molar-refractivity contribution in [3.63, 3.8) is 0 Å². The summed E-state index contributed by atoms with van der Waals surface area (Å²) in [6.45, 7) is 4.50. The fourth-order valence-corrected chi connectivity index (χ4v) is 0.634. The van der Waals surface area contributed by atoms with Crippen molar-refractivity contribution in [3.05, 3.63) is 22.7 Å². The van der Waals surface area contributed by atoms with Gasteiger partial charge in [0, 0.05) is 0 Å². The average molecular weight is 223 g/mol. The zero-order valence-corrected chi connectivity index (χ0v) is 7.49. The fraction of sp³-hybridized carbons (Fsp3) is 0.167. The number of carbonyl (C=O) groups excluding carboxylic acids is 1. The molecule has 1 nitrogen and oxygen atoms in total. The third-order valence-electron chi connectivity index (χ3n) is 0.709. The number of halogens is 2. The van der Waals surface area contributed by atoms with Crippen LogP contribution in [-0.4, -0.2) is 6.79 Å². The summed E-state index contributed by atoms with van der Waals surface area (Å²) in [5.41, 5.74) is 0. The van der Waals surface area contributed by atoms with Gasteiger partial charge in [0.2, 0.25) is 0 Å². The van der Waals surface area contributed by atoms with Gasteiger partial charge in [0.1, 0.15) is 0 Å². The Morgan fingerprint density at radius 2 is 1.90 bits per heavy atom. The molecule has 0 fully saturated rings. The van der Waals surface area contributed by atoms with E-state index in [0.717, 1.165) is 10.9 Å². The summed E-state index contributed by atoms with van der Waals surface area (Å²) in [6, 6.07) is 0. The number of allylic oxidation sites excluding steroid dienone is 4. The van der Waals surface area contributed by atoms with Crippen LogP contribution in [0.4, 0.5) is 0 Å². The number of hydrogen-bond acceptors (Lipinski definition) is 1. The van der Waals surface area contributed by atoms with E-state index >= 15 is 0 Å². The van der Waals surface area contributed by atoms with Crippen LogP contribution in [0.15, 0.2) is 22.7 Å². The van der Waals surface area contributed by atoms with E-state index in [4.69, 9.17) is 4.79 Å². The molecule has 4 heteroatoms. The van der Waals surface area contributed by atoms with Crippen LogP contribution >= 0.6 is 0 Å². The Morgan fingerprint density at radius 1 is 1.40 bits per heavy atom. The van der Waals surface area contributed by atoms with Crippen molar-refractivity contribution in [2.75, 3.05) is 0 Å². The summed E-state index contributed by atoms with van der Waals surface area (Å²) in [6.07, 6.45) is 7.13. The molecule has 0 amide bonds. The molecular formula is C6H5Cl2CoO. The summed E-state index contributed by atoms with van der Waals surface area (Å²) in [5, 5.41) is 0. The van der Waals surface area contributed by atoms with Crippen molar-refractivity contribution in [3.8, 4) is 0 Å². The van der Waals surface area contributed by atoms with Gasteiger partial charge in [0.15, 0.2) is 0 Å². The fourth-order valence-electron chi connectivity index (χ4n) is 0.412. The molecule has 0 aromatic carbocycles. The molecule has 0 heterocycles. The molecule has 0 aromatic heterocycles. The molecular weight excluding hydrogens is 218 g/mol. The van der Waals surface area contributed by atoms with E-state index < -0.39 is 0 Å². The van der Waals surface area contributed by atoms with Gasteiger partial charge in [0.25, 0.3) is 6.79 Å². The van der Waals surface area contributed by atoms with E-state index in [9.17, 15) is 0 Å². The van der Waals surface area contributed by atoms with E-state index in [2.05, 4.69) is 28.6 Å². The van der Waals surface area contributed by atoms with E-state index in [0.29, 0.717) is 0 Å². The molecule has 1 rings (SSSR count). The Hall–Kier alpha value is 0.236. The van der Waals surface area contributed by atoms with Gasteiger partial charge in [-0.3, -0.25) is 4.79 Å². The van der Waals surface area contributed by atoms with E-state index in [1.54, 1.807) is 0 Å². The van der Waals surface area contributed by atoms with Crippen LogP contribution in [0.2, 0.25) is 0 Å². The SMILES string of the molecule is [C]=O.[Cl-].[Cl-].[Co+2][C]1=CC=CC1. The average Bonchev–Trinajstić information content (AvgIpc) is 2.24. The Balaban J connectivity index is -0.000000114. The molecule has 2 radical (unpaired) electrons. The van der Waals surface area contributed by atoms with Gasteiger partial charge < -0.3 is 24.8 Å². The third-order valence-corrected chi connectivity index (χ3v) is 1.10. The van der Waals surface area contributed by atoms with Gasteiger partial charge in [-0.1, -0.05) is 0 Å². The second-order valence-electron chi connectivity index (χ2n) is 1.22. The van der Waals surface area contributed by atoms with Crippen LogP contribution in [0.1, 0.15) is 6.42 Å². The Labute approximate surface area is 81.4 Å². The van der Waals surface area contributed by atoms with Gasteiger partial charge in [-0.2, -0.15) is 0 Å². The molecule has 0 saturated carbocycles. The van der Waals surface area contributed by atoms with Crippen molar-refractivity contribution in [2.45, 2.75) is 6.42 Å². The van der Waals surface area contributed by atoms with E-state index in [-0.39, 0.29) is 24.8 Å². The normalized spacial score (nSPS) is 11.5. The van der Waals surface area contributed by atoms with Gasteiger partial charge in [-0.15, -0.1) is 0 Å². The van der Waals surface area contributed by atoms with Crippen LogP contribution in [0.3, 0.4) is 0 Å². The number of hydrogen-bond donors (Lipinski definition) is 0. The van der Waals surface area contributed by atoms with Gasteiger partial charge in [-0.05, 0) is 0 Å². The monoisotopic (exact) mass is 222 g/mol. The van der Waals surface area contributed by atoms with Crippen molar-refractivity contribution in [1.82, 2.24) is 0 Å². The van der Waals surface area contributed by atoms with Crippen LogP contribution in [0.5, 0.6) is 0 Å². The van der Waals surface area contributed by atoms with Crippen molar-refractivity contribution in [2.24, 2.45) is 0 Å². The Morgan fingerprint density at radius 3 is 2.00 bits per heavy atom. The molecule has 0 atom stereocenters. The summed E-state index contributed by atoms with van der Waals surface area (Å²) in [4.78, 5) is 7.50. The molecule has 0 aromatic rings. The first-order valence-corrected chi connectivity index (χ1v) is 2.61. The first kappa shape index (κ1) is 16.7. The van der Waals surface area contributed by atoms with Crippen LogP contribution in [0, 0.1) is 0 Å². The maximum atomic E-state index is 7.50. The standard InChI is InChI=1S/C5H5.CO.2ClH.Co/c1-2-4-5-3-1;1-2;;;/h1-3H,4H2;;2*1H;/q;;;;+2/p-2. The Bertz CT molecular complexity index is 123. The minimum atomic E-state index is 0. The zero-order chi connectivity index (χ0) is 6.41. The summed E-state index contributed by atoms with van der Waals surface area (Å²) >= 11 is 4.14. The van der Waals surface area contributed by atoms with Crippen molar-refractivity contribution >= 4 is 6.79 Å².